The number of benzene rings is 3. The van der Waals surface area contributed by atoms with Crippen LogP contribution >= 0.6 is 0 Å². The van der Waals surface area contributed by atoms with Crippen molar-refractivity contribution >= 4 is 11.4 Å². The van der Waals surface area contributed by atoms with Crippen LogP contribution in [-0.2, 0) is 6.42 Å². The van der Waals surface area contributed by atoms with Gasteiger partial charge in [0.25, 0.3) is 0 Å². The van der Waals surface area contributed by atoms with Crippen molar-refractivity contribution in [1.29, 1.82) is 0 Å². The molecule has 0 saturated carbocycles. The van der Waals surface area contributed by atoms with Gasteiger partial charge < -0.3 is 15.4 Å². The third kappa shape index (κ3) is 6.81. The number of ether oxygens (including phenoxy) is 1. The highest BCUT2D eigenvalue weighted by Crippen LogP contribution is 2.34. The minimum absolute atomic E-state index is 0.107. The summed E-state index contributed by atoms with van der Waals surface area (Å²) < 4.78 is 5.33. The minimum atomic E-state index is 0.107. The maximum atomic E-state index is 13.4. The van der Waals surface area contributed by atoms with Gasteiger partial charge in [-0.3, -0.25) is 4.79 Å². The van der Waals surface area contributed by atoms with Gasteiger partial charge in [0, 0.05) is 30.0 Å². The zero-order chi connectivity index (χ0) is 26.9. The highest BCUT2D eigenvalue weighted by atomic mass is 16.5. The Bertz CT molecular complexity index is 1220. The second-order valence-electron chi connectivity index (χ2n) is 10.3. The Morgan fingerprint density at radius 1 is 0.974 bits per heavy atom. The number of allylic oxidation sites excluding steroid dienone is 1. The van der Waals surface area contributed by atoms with Crippen molar-refractivity contribution in [2.75, 3.05) is 14.2 Å². The van der Waals surface area contributed by atoms with Gasteiger partial charge in [0.15, 0.2) is 5.78 Å². The average molecular weight is 509 g/mol. The molecule has 4 heteroatoms. The first-order valence-corrected chi connectivity index (χ1v) is 13.6. The fourth-order valence-electron chi connectivity index (χ4n) is 5.69. The largest absolute Gasteiger partial charge is 0.497 e. The van der Waals surface area contributed by atoms with Crippen molar-refractivity contribution < 1.29 is 9.53 Å². The van der Waals surface area contributed by atoms with Gasteiger partial charge >= 0.3 is 0 Å². The molecular formula is C34H40N2O2. The third-order valence-corrected chi connectivity index (χ3v) is 7.81. The van der Waals surface area contributed by atoms with Crippen LogP contribution in [0, 0.1) is 11.8 Å². The number of rotatable bonds is 12. The molecule has 0 aliphatic carbocycles. The van der Waals surface area contributed by atoms with Crippen molar-refractivity contribution in [2.24, 2.45) is 11.8 Å². The monoisotopic (exact) mass is 508 g/mol. The van der Waals surface area contributed by atoms with Crippen LogP contribution in [-0.4, -0.2) is 32.0 Å². The Morgan fingerprint density at radius 3 is 2.21 bits per heavy atom. The van der Waals surface area contributed by atoms with Crippen LogP contribution in [0.5, 0.6) is 5.75 Å². The van der Waals surface area contributed by atoms with Crippen LogP contribution in [0.15, 0.2) is 103 Å². The molecule has 1 aliphatic heterocycles. The Balaban J connectivity index is 1.54. The summed E-state index contributed by atoms with van der Waals surface area (Å²) >= 11 is 0. The number of likely N-dealkylation sites (N-methyl/N-ethyl adjacent to an activating group) is 1. The Labute approximate surface area is 227 Å². The summed E-state index contributed by atoms with van der Waals surface area (Å²) in [6.45, 7) is 6.62. The lowest BCUT2D eigenvalue weighted by molar-refractivity contribution is 0.0924. The van der Waals surface area contributed by atoms with Crippen molar-refractivity contribution in [2.45, 2.75) is 44.7 Å². The summed E-state index contributed by atoms with van der Waals surface area (Å²) in [7, 11) is 3.70. The zero-order valence-corrected chi connectivity index (χ0v) is 22.8. The number of nitrogens with one attached hydrogen (secondary N) is 2. The number of carbonyl (C=O) groups excluding carboxylic acids is 1. The molecule has 38 heavy (non-hydrogen) atoms. The molecule has 4 atom stereocenters. The van der Waals surface area contributed by atoms with Gasteiger partial charge in [-0.2, -0.15) is 0 Å². The molecule has 198 valence electrons. The van der Waals surface area contributed by atoms with Crippen LogP contribution in [0.2, 0.25) is 0 Å². The van der Waals surface area contributed by atoms with Crippen LogP contribution in [0.4, 0.5) is 0 Å². The summed E-state index contributed by atoms with van der Waals surface area (Å²) in [5, 5.41) is 7.32. The van der Waals surface area contributed by atoms with E-state index in [0.717, 1.165) is 36.1 Å². The molecule has 3 aromatic rings. The molecule has 0 bridgehead atoms. The van der Waals surface area contributed by atoms with Crippen LogP contribution in [0.3, 0.4) is 0 Å². The number of hydrogen-bond donors (Lipinski definition) is 2. The first-order valence-electron chi connectivity index (χ1n) is 13.6. The van der Waals surface area contributed by atoms with E-state index in [0.29, 0.717) is 12.3 Å². The molecule has 0 saturated heterocycles. The molecule has 4 rings (SSSR count). The molecule has 0 radical (unpaired) electrons. The number of hydrogen-bond acceptors (Lipinski definition) is 4. The Morgan fingerprint density at radius 2 is 1.61 bits per heavy atom. The summed E-state index contributed by atoms with van der Waals surface area (Å²) in [4.78, 5) is 13.4. The maximum Gasteiger partial charge on any atom is 0.163 e. The fraction of sp³-hybridized carbons (Fsp3) is 0.324. The number of methoxy groups -OCH3 is 1. The van der Waals surface area contributed by atoms with E-state index in [4.69, 9.17) is 4.74 Å². The molecule has 0 aromatic heterocycles. The van der Waals surface area contributed by atoms with E-state index in [2.05, 4.69) is 66.7 Å². The van der Waals surface area contributed by atoms with Gasteiger partial charge in [-0.1, -0.05) is 86.3 Å². The second-order valence-corrected chi connectivity index (χ2v) is 10.3. The molecule has 3 aromatic carbocycles. The molecule has 4 nitrogen and oxygen atoms in total. The van der Waals surface area contributed by atoms with E-state index >= 15 is 0 Å². The SMILES string of the molecule is C=C(CCC1=CNC(C(C)Cc2ccc(OC)cc2)C(CC(=O)c2ccccc2)C1NC)c1ccccc1. The summed E-state index contributed by atoms with van der Waals surface area (Å²) in [5.41, 5.74) is 5.65. The van der Waals surface area contributed by atoms with Crippen molar-refractivity contribution in [3.63, 3.8) is 0 Å². The molecular weight excluding hydrogens is 468 g/mol. The Kier molecular flexibility index (Phi) is 9.56. The minimum Gasteiger partial charge on any atom is -0.497 e. The lowest BCUT2D eigenvalue weighted by Gasteiger charge is -2.42. The van der Waals surface area contributed by atoms with E-state index in [1.807, 2.05) is 55.6 Å². The first-order chi connectivity index (χ1) is 18.5. The predicted octanol–water partition coefficient (Wildman–Crippen LogP) is 6.70. The summed E-state index contributed by atoms with van der Waals surface area (Å²) in [6.07, 6.45) is 5.36. The van der Waals surface area contributed by atoms with Crippen LogP contribution < -0.4 is 15.4 Å². The molecule has 1 heterocycles. The maximum absolute atomic E-state index is 13.4. The number of Topliss-reactive ketones (excluding diaryl/α,β-unsaturated/α-hetero) is 1. The number of ketones is 1. The Hall–Kier alpha value is -3.63. The normalized spacial score (nSPS) is 19.7. The highest BCUT2D eigenvalue weighted by molar-refractivity contribution is 5.96. The van der Waals surface area contributed by atoms with Gasteiger partial charge in [-0.25, -0.2) is 0 Å². The fourth-order valence-corrected chi connectivity index (χ4v) is 5.69. The summed E-state index contributed by atoms with van der Waals surface area (Å²) in [5.74, 6) is 1.49. The van der Waals surface area contributed by atoms with E-state index in [1.165, 1.54) is 16.7 Å². The lowest BCUT2D eigenvalue weighted by Crippen LogP contribution is -2.53. The van der Waals surface area contributed by atoms with Gasteiger partial charge in [-0.15, -0.1) is 0 Å². The molecule has 2 N–H and O–H groups in total. The van der Waals surface area contributed by atoms with Gasteiger partial charge in [-0.05, 0) is 72.8 Å². The van der Waals surface area contributed by atoms with Crippen molar-refractivity contribution in [3.05, 3.63) is 120 Å². The third-order valence-electron chi connectivity index (χ3n) is 7.81. The van der Waals surface area contributed by atoms with Gasteiger partial charge in [0.2, 0.25) is 0 Å². The zero-order valence-electron chi connectivity index (χ0n) is 22.8. The molecule has 0 amide bonds. The van der Waals surface area contributed by atoms with Gasteiger partial charge in [0.1, 0.15) is 5.75 Å². The first kappa shape index (κ1) is 27.4. The van der Waals surface area contributed by atoms with Crippen molar-refractivity contribution in [3.8, 4) is 5.75 Å². The lowest BCUT2D eigenvalue weighted by atomic mass is 9.73. The summed E-state index contributed by atoms with van der Waals surface area (Å²) in [6, 6.07) is 28.6. The standard InChI is InChI=1S/C34H40N2O2/c1-24(27-11-7-5-8-12-27)15-18-29-23-36-33(25(2)21-26-16-19-30(38-4)20-17-26)31(34(29)35-3)22-32(37)28-13-9-6-10-14-28/h5-14,16-17,19-20,23,25,31,33-36H,1,15,18,21-22H2,2-4H3. The molecule has 1 aliphatic rings. The average Bonchev–Trinajstić information content (AvgIpc) is 2.97. The van der Waals surface area contributed by atoms with E-state index in [1.54, 1.807) is 7.11 Å². The second kappa shape index (κ2) is 13.3. The topological polar surface area (TPSA) is 50.4 Å². The molecule has 4 unspecified atom stereocenters. The van der Waals surface area contributed by atoms with E-state index in [9.17, 15) is 4.79 Å². The van der Waals surface area contributed by atoms with E-state index in [-0.39, 0.29) is 23.8 Å². The number of carbonyl (C=O) groups is 1. The quantitative estimate of drug-likeness (QED) is 0.267. The van der Waals surface area contributed by atoms with E-state index < -0.39 is 0 Å². The molecule has 0 fully saturated rings. The van der Waals surface area contributed by atoms with Gasteiger partial charge in [0.05, 0.1) is 7.11 Å². The van der Waals surface area contributed by atoms with Crippen molar-refractivity contribution in [1.82, 2.24) is 10.6 Å². The smallest absolute Gasteiger partial charge is 0.163 e. The van der Waals surface area contributed by atoms with Crippen LogP contribution in [0.25, 0.3) is 5.57 Å². The predicted molar refractivity (Wildman–Crippen MR) is 157 cm³/mol. The molecule has 0 spiro atoms. The highest BCUT2D eigenvalue weighted by Gasteiger charge is 2.38. The van der Waals surface area contributed by atoms with Crippen LogP contribution in [0.1, 0.15) is 47.7 Å².